The molecular weight excluding hydrogens is 282 g/mol. The van der Waals surface area contributed by atoms with E-state index in [9.17, 15) is 20.0 Å². The number of nitrogens with zero attached hydrogens (tertiary/aromatic N) is 1. The van der Waals surface area contributed by atoms with E-state index in [-0.39, 0.29) is 24.6 Å². The number of carbonyl (C=O) groups is 1. The number of nitro benzene ring substituents is 1. The minimum absolute atomic E-state index is 0.0940. The summed E-state index contributed by atoms with van der Waals surface area (Å²) in [5.41, 5.74) is -1.44. The molecule has 6 nitrogen and oxygen atoms in total. The first-order chi connectivity index (χ1) is 9.49. The van der Waals surface area contributed by atoms with Gasteiger partial charge in [-0.3, -0.25) is 10.1 Å². The van der Waals surface area contributed by atoms with Crippen molar-refractivity contribution in [2.24, 2.45) is 5.92 Å². The first-order valence-electron chi connectivity index (χ1n) is 6.10. The summed E-state index contributed by atoms with van der Waals surface area (Å²) in [4.78, 5) is 22.3. The van der Waals surface area contributed by atoms with Crippen molar-refractivity contribution in [2.75, 3.05) is 18.6 Å². The lowest BCUT2D eigenvalue weighted by atomic mass is 9.85. The number of rotatable bonds is 5. The quantitative estimate of drug-likeness (QED) is 0.502. The Hall–Kier alpha value is -1.60. The highest BCUT2D eigenvalue weighted by atomic mass is 32.2. The van der Waals surface area contributed by atoms with Gasteiger partial charge in [0.15, 0.2) is 5.60 Å². The first kappa shape index (κ1) is 14.8. The highest BCUT2D eigenvalue weighted by Gasteiger charge is 2.51. The number of para-hydroxylation sites is 1. The fourth-order valence-corrected chi connectivity index (χ4v) is 3.11. The summed E-state index contributed by atoms with van der Waals surface area (Å²) in [5, 5.41) is 21.6. The van der Waals surface area contributed by atoms with E-state index in [2.05, 4.69) is 0 Å². The standard InChI is InChI=1S/C13H15NO5S/c1-20-8-10-7-19-12(15)13(10,16)6-9-4-2-3-5-11(9)14(17)18/h2-5,10,16H,6-8H2,1H3/t10-,13-/m0/s1. The van der Waals surface area contributed by atoms with Crippen LogP contribution in [0.5, 0.6) is 0 Å². The van der Waals surface area contributed by atoms with Gasteiger partial charge < -0.3 is 9.84 Å². The van der Waals surface area contributed by atoms with E-state index in [1.165, 1.54) is 17.8 Å². The molecule has 0 amide bonds. The van der Waals surface area contributed by atoms with Crippen molar-refractivity contribution in [3.8, 4) is 0 Å². The van der Waals surface area contributed by atoms with Crippen molar-refractivity contribution in [1.29, 1.82) is 0 Å². The summed E-state index contributed by atoms with van der Waals surface area (Å²) in [6, 6.07) is 6.12. The number of thioether (sulfide) groups is 1. The number of cyclic esters (lactones) is 1. The van der Waals surface area contributed by atoms with E-state index in [0.717, 1.165) is 0 Å². The van der Waals surface area contributed by atoms with E-state index < -0.39 is 16.5 Å². The third-order valence-corrected chi connectivity index (χ3v) is 4.20. The number of nitro groups is 1. The van der Waals surface area contributed by atoms with E-state index in [4.69, 9.17) is 4.74 Å². The third-order valence-electron chi connectivity index (χ3n) is 3.46. The van der Waals surface area contributed by atoms with E-state index in [0.29, 0.717) is 11.3 Å². The first-order valence-corrected chi connectivity index (χ1v) is 7.49. The molecule has 0 unspecified atom stereocenters. The predicted molar refractivity (Wildman–Crippen MR) is 74.6 cm³/mol. The van der Waals surface area contributed by atoms with Gasteiger partial charge in [-0.2, -0.15) is 11.8 Å². The SMILES string of the molecule is CSC[C@@H]1COC(=O)[C@]1(O)Cc1ccccc1[N+](=O)[O-]. The molecule has 1 fully saturated rings. The number of hydrogen-bond donors (Lipinski definition) is 1. The van der Waals surface area contributed by atoms with Crippen LogP contribution < -0.4 is 0 Å². The molecule has 1 N–H and O–H groups in total. The number of hydrogen-bond acceptors (Lipinski definition) is 6. The van der Waals surface area contributed by atoms with Gasteiger partial charge >= 0.3 is 5.97 Å². The smallest absolute Gasteiger partial charge is 0.338 e. The molecule has 2 atom stereocenters. The van der Waals surface area contributed by atoms with Crippen molar-refractivity contribution in [3.05, 3.63) is 39.9 Å². The Morgan fingerprint density at radius 1 is 1.55 bits per heavy atom. The van der Waals surface area contributed by atoms with Crippen LogP contribution >= 0.6 is 11.8 Å². The van der Waals surface area contributed by atoms with Gasteiger partial charge in [0.2, 0.25) is 0 Å². The number of ether oxygens (including phenoxy) is 1. The van der Waals surface area contributed by atoms with Crippen molar-refractivity contribution in [1.82, 2.24) is 0 Å². The van der Waals surface area contributed by atoms with Crippen LogP contribution in [0.4, 0.5) is 5.69 Å². The minimum Gasteiger partial charge on any atom is -0.463 e. The lowest BCUT2D eigenvalue weighted by molar-refractivity contribution is -0.385. The van der Waals surface area contributed by atoms with Gasteiger partial charge in [-0.1, -0.05) is 18.2 Å². The van der Waals surface area contributed by atoms with Crippen molar-refractivity contribution in [2.45, 2.75) is 12.0 Å². The molecule has 0 saturated carbocycles. The molecule has 1 saturated heterocycles. The Bertz CT molecular complexity index is 535. The molecule has 1 heterocycles. The van der Waals surface area contributed by atoms with Crippen molar-refractivity contribution in [3.63, 3.8) is 0 Å². The molecule has 7 heteroatoms. The summed E-state index contributed by atoms with van der Waals surface area (Å²) < 4.78 is 4.93. The molecule has 1 aliphatic rings. The second-order valence-corrected chi connectivity index (χ2v) is 5.65. The molecular formula is C13H15NO5S. The van der Waals surface area contributed by atoms with E-state index in [1.807, 2.05) is 6.26 Å². The molecule has 108 valence electrons. The van der Waals surface area contributed by atoms with Gasteiger partial charge in [0.25, 0.3) is 5.69 Å². The lowest BCUT2D eigenvalue weighted by Crippen LogP contribution is -2.44. The Morgan fingerprint density at radius 2 is 2.25 bits per heavy atom. The molecule has 0 radical (unpaired) electrons. The average Bonchev–Trinajstić information content (AvgIpc) is 2.68. The molecule has 1 aromatic carbocycles. The predicted octanol–water partition coefficient (Wildman–Crippen LogP) is 1.40. The topological polar surface area (TPSA) is 89.7 Å². The van der Waals surface area contributed by atoms with Crippen LogP contribution in [0.25, 0.3) is 0 Å². The molecule has 0 aromatic heterocycles. The molecule has 2 rings (SSSR count). The Kier molecular flexibility index (Phi) is 4.29. The van der Waals surface area contributed by atoms with Crippen LogP contribution in [0.15, 0.2) is 24.3 Å². The maximum atomic E-state index is 11.8. The van der Waals surface area contributed by atoms with Gasteiger partial charge in [-0.15, -0.1) is 0 Å². The highest BCUT2D eigenvalue weighted by molar-refractivity contribution is 7.98. The van der Waals surface area contributed by atoms with Crippen LogP contribution in [0, 0.1) is 16.0 Å². The van der Waals surface area contributed by atoms with Gasteiger partial charge in [0.1, 0.15) is 0 Å². The lowest BCUT2D eigenvalue weighted by Gasteiger charge is -2.24. The van der Waals surface area contributed by atoms with Crippen LogP contribution in [-0.2, 0) is 16.0 Å². The van der Waals surface area contributed by atoms with E-state index in [1.54, 1.807) is 18.2 Å². The fourth-order valence-electron chi connectivity index (χ4n) is 2.34. The Morgan fingerprint density at radius 3 is 2.90 bits per heavy atom. The summed E-state index contributed by atoms with van der Waals surface area (Å²) in [6.45, 7) is 0.150. The maximum absolute atomic E-state index is 11.8. The minimum atomic E-state index is -1.69. The van der Waals surface area contributed by atoms with Crippen LogP contribution in [0.3, 0.4) is 0 Å². The number of aliphatic hydroxyl groups is 1. The maximum Gasteiger partial charge on any atom is 0.338 e. The fraction of sp³-hybridized carbons (Fsp3) is 0.462. The van der Waals surface area contributed by atoms with Crippen LogP contribution in [0.1, 0.15) is 5.56 Å². The van der Waals surface area contributed by atoms with Crippen LogP contribution in [-0.4, -0.2) is 40.2 Å². The normalized spacial score (nSPS) is 25.5. The van der Waals surface area contributed by atoms with Crippen molar-refractivity contribution < 1.29 is 19.6 Å². The Balaban J connectivity index is 2.32. The van der Waals surface area contributed by atoms with Gasteiger partial charge in [-0.05, 0) is 6.26 Å². The summed E-state index contributed by atoms with van der Waals surface area (Å²) in [5.74, 6) is -0.498. The number of esters is 1. The second-order valence-electron chi connectivity index (χ2n) is 4.74. The van der Waals surface area contributed by atoms with E-state index >= 15 is 0 Å². The summed E-state index contributed by atoms with van der Waals surface area (Å²) in [7, 11) is 0. The molecule has 0 spiro atoms. The van der Waals surface area contributed by atoms with Gasteiger partial charge in [0, 0.05) is 29.7 Å². The summed E-state index contributed by atoms with van der Waals surface area (Å²) in [6.07, 6.45) is 1.77. The largest absolute Gasteiger partial charge is 0.463 e. The third kappa shape index (κ3) is 2.64. The second kappa shape index (κ2) is 5.80. The molecule has 0 bridgehead atoms. The Labute approximate surface area is 120 Å². The van der Waals surface area contributed by atoms with Crippen molar-refractivity contribution >= 4 is 23.4 Å². The van der Waals surface area contributed by atoms with Gasteiger partial charge in [-0.25, -0.2) is 4.79 Å². The molecule has 20 heavy (non-hydrogen) atoms. The molecule has 1 aromatic rings. The molecule has 1 aliphatic heterocycles. The summed E-state index contributed by atoms with van der Waals surface area (Å²) >= 11 is 1.50. The zero-order valence-corrected chi connectivity index (χ0v) is 11.8. The zero-order chi connectivity index (χ0) is 14.8. The average molecular weight is 297 g/mol. The zero-order valence-electron chi connectivity index (χ0n) is 10.9. The number of benzene rings is 1. The monoisotopic (exact) mass is 297 g/mol. The highest BCUT2D eigenvalue weighted by Crippen LogP contribution is 2.34. The molecule has 0 aliphatic carbocycles. The van der Waals surface area contributed by atoms with Gasteiger partial charge in [0.05, 0.1) is 11.5 Å². The number of carbonyl (C=O) groups excluding carboxylic acids is 1. The van der Waals surface area contributed by atoms with Crippen LogP contribution in [0.2, 0.25) is 0 Å².